The van der Waals surface area contributed by atoms with E-state index in [9.17, 15) is 18.5 Å². The summed E-state index contributed by atoms with van der Waals surface area (Å²) in [7, 11) is -3.83. The lowest BCUT2D eigenvalue weighted by atomic mass is 10.3. The molecule has 0 atom stereocenters. The fourth-order valence-electron chi connectivity index (χ4n) is 1.11. The number of hydrogen-bond donors (Lipinski definition) is 2. The molecule has 0 bridgehead atoms. The molecule has 98 valence electrons. The molecule has 0 radical (unpaired) electrons. The lowest BCUT2D eigenvalue weighted by molar-refractivity contribution is -0.384. The maximum Gasteiger partial charge on any atom is 0.293 e. The molecule has 18 heavy (non-hydrogen) atoms. The van der Waals surface area contributed by atoms with E-state index in [1.54, 1.807) is 0 Å². The Hall–Kier alpha value is -1.45. The number of hydrogen-bond acceptors (Lipinski definition) is 5. The first-order valence-corrected chi connectivity index (χ1v) is 6.88. The molecule has 1 rings (SSSR count). The van der Waals surface area contributed by atoms with Crippen molar-refractivity contribution in [3.63, 3.8) is 0 Å². The zero-order valence-electron chi connectivity index (χ0n) is 9.09. The fraction of sp³-hybridized carbons (Fsp3) is 0.111. The highest BCUT2D eigenvalue weighted by Crippen LogP contribution is 2.24. The molecule has 0 spiro atoms. The van der Waals surface area contributed by atoms with Crippen molar-refractivity contribution in [1.29, 1.82) is 0 Å². The summed E-state index contributed by atoms with van der Waals surface area (Å²) in [6, 6.07) is 3.28. The molecule has 0 fully saturated rings. The lowest BCUT2D eigenvalue weighted by Gasteiger charge is -2.06. The van der Waals surface area contributed by atoms with E-state index in [4.69, 9.17) is 5.73 Å². The molecular weight excluding hydrogens is 326 g/mol. The van der Waals surface area contributed by atoms with Crippen LogP contribution >= 0.6 is 15.9 Å². The van der Waals surface area contributed by atoms with Crippen LogP contribution in [0.25, 0.3) is 0 Å². The van der Waals surface area contributed by atoms with Gasteiger partial charge in [-0.1, -0.05) is 22.5 Å². The van der Waals surface area contributed by atoms with E-state index < -0.39 is 20.6 Å². The number of nitrogen functional groups attached to an aromatic ring is 1. The van der Waals surface area contributed by atoms with Crippen LogP contribution < -0.4 is 10.5 Å². The second-order valence-electron chi connectivity index (χ2n) is 3.32. The first-order chi connectivity index (χ1) is 8.24. The van der Waals surface area contributed by atoms with Crippen LogP contribution in [0, 0.1) is 10.1 Å². The third kappa shape index (κ3) is 3.52. The Labute approximate surface area is 112 Å². The van der Waals surface area contributed by atoms with Gasteiger partial charge >= 0.3 is 0 Å². The summed E-state index contributed by atoms with van der Waals surface area (Å²) >= 11 is 3.00. The maximum absolute atomic E-state index is 11.8. The van der Waals surface area contributed by atoms with Gasteiger partial charge in [-0.15, -0.1) is 0 Å². The van der Waals surface area contributed by atoms with Gasteiger partial charge in [0.05, 0.1) is 9.82 Å². The Kier molecular flexibility index (Phi) is 4.43. The van der Waals surface area contributed by atoms with Crippen LogP contribution in [0.5, 0.6) is 0 Å². The van der Waals surface area contributed by atoms with Gasteiger partial charge in [-0.25, -0.2) is 13.1 Å². The predicted octanol–water partition coefficient (Wildman–Crippen LogP) is 1.36. The van der Waals surface area contributed by atoms with Crippen LogP contribution in [0.4, 0.5) is 11.4 Å². The van der Waals surface area contributed by atoms with Crippen molar-refractivity contribution in [2.45, 2.75) is 4.90 Å². The normalized spacial score (nSPS) is 11.2. The summed E-state index contributed by atoms with van der Waals surface area (Å²) in [6.45, 7) is 3.46. The smallest absolute Gasteiger partial charge is 0.293 e. The molecule has 0 heterocycles. The number of nitro benzene ring substituents is 1. The molecule has 0 unspecified atom stereocenters. The minimum Gasteiger partial charge on any atom is -0.393 e. The molecular formula is C9H10BrN3O4S. The number of benzene rings is 1. The van der Waals surface area contributed by atoms with E-state index >= 15 is 0 Å². The number of halogens is 1. The maximum atomic E-state index is 11.8. The molecule has 0 aromatic heterocycles. The van der Waals surface area contributed by atoms with Crippen molar-refractivity contribution in [1.82, 2.24) is 4.72 Å². The highest BCUT2D eigenvalue weighted by molar-refractivity contribution is 9.11. The zero-order chi connectivity index (χ0) is 13.9. The third-order valence-electron chi connectivity index (χ3n) is 1.96. The van der Waals surface area contributed by atoms with E-state index in [2.05, 4.69) is 27.2 Å². The van der Waals surface area contributed by atoms with Gasteiger partial charge in [0.25, 0.3) is 5.69 Å². The molecule has 0 saturated heterocycles. The van der Waals surface area contributed by atoms with Crippen molar-refractivity contribution in [3.8, 4) is 0 Å². The fourth-order valence-corrected chi connectivity index (χ4v) is 2.48. The zero-order valence-corrected chi connectivity index (χ0v) is 11.5. The minimum absolute atomic E-state index is 0.0134. The summed E-state index contributed by atoms with van der Waals surface area (Å²) in [5, 5.41) is 10.7. The van der Waals surface area contributed by atoms with Crippen LogP contribution in [-0.4, -0.2) is 19.9 Å². The van der Waals surface area contributed by atoms with Gasteiger partial charge in [-0.05, 0) is 12.1 Å². The number of nitrogens with zero attached hydrogens (tertiary/aromatic N) is 1. The molecule has 0 aliphatic carbocycles. The van der Waals surface area contributed by atoms with E-state index in [1.807, 2.05) is 0 Å². The van der Waals surface area contributed by atoms with Gasteiger partial charge in [-0.2, -0.15) is 0 Å². The average molecular weight is 336 g/mol. The second kappa shape index (κ2) is 5.46. The standard InChI is InChI=1S/C9H10BrN3O4S/c1-6(10)5-12-18(16,17)7-2-3-8(11)9(4-7)13(14)15/h2-4,12H,1,5,11H2. The van der Waals surface area contributed by atoms with Crippen LogP contribution in [0.1, 0.15) is 0 Å². The summed E-state index contributed by atoms with van der Waals surface area (Å²) in [5.74, 6) is 0. The Balaban J connectivity index is 3.14. The summed E-state index contributed by atoms with van der Waals surface area (Å²) in [6.07, 6.45) is 0. The monoisotopic (exact) mass is 335 g/mol. The topological polar surface area (TPSA) is 115 Å². The number of nitro groups is 1. The number of anilines is 1. The summed E-state index contributed by atoms with van der Waals surface area (Å²) in [5.41, 5.74) is 4.84. The van der Waals surface area contributed by atoms with Gasteiger partial charge in [0.1, 0.15) is 5.69 Å². The molecule has 1 aromatic rings. The molecule has 9 heteroatoms. The minimum atomic E-state index is -3.83. The van der Waals surface area contributed by atoms with Crippen molar-refractivity contribution >= 4 is 37.3 Å². The Morgan fingerprint density at radius 3 is 2.67 bits per heavy atom. The van der Waals surface area contributed by atoms with Crippen molar-refractivity contribution in [2.75, 3.05) is 12.3 Å². The number of rotatable bonds is 5. The van der Waals surface area contributed by atoms with Gasteiger partial charge < -0.3 is 5.73 Å². The number of sulfonamides is 1. The summed E-state index contributed by atoms with van der Waals surface area (Å²) < 4.78 is 26.2. The molecule has 0 amide bonds. The lowest BCUT2D eigenvalue weighted by Crippen LogP contribution is -2.24. The van der Waals surface area contributed by atoms with E-state index in [1.165, 1.54) is 12.1 Å². The second-order valence-corrected chi connectivity index (χ2v) is 6.21. The number of nitrogens with one attached hydrogen (secondary N) is 1. The number of nitrogens with two attached hydrogens (primary N) is 1. The van der Waals surface area contributed by atoms with Crippen molar-refractivity contribution in [2.24, 2.45) is 0 Å². The van der Waals surface area contributed by atoms with Gasteiger partial charge in [0.2, 0.25) is 10.0 Å². The Bertz CT molecular complexity index is 600. The molecule has 0 aliphatic heterocycles. The quantitative estimate of drug-likeness (QED) is 0.479. The van der Waals surface area contributed by atoms with E-state index in [0.29, 0.717) is 4.48 Å². The van der Waals surface area contributed by atoms with Crippen LogP contribution in [0.15, 0.2) is 34.2 Å². The van der Waals surface area contributed by atoms with Gasteiger partial charge in [0.15, 0.2) is 0 Å². The SMILES string of the molecule is C=C(Br)CNS(=O)(=O)c1ccc(N)c([N+](=O)[O-])c1. The average Bonchev–Trinajstić information content (AvgIpc) is 2.26. The van der Waals surface area contributed by atoms with Crippen molar-refractivity contribution in [3.05, 3.63) is 39.4 Å². The van der Waals surface area contributed by atoms with Gasteiger partial charge in [0, 0.05) is 17.1 Å². The molecule has 0 saturated carbocycles. The Morgan fingerprint density at radius 2 is 2.17 bits per heavy atom. The molecule has 1 aromatic carbocycles. The van der Waals surface area contributed by atoms with Crippen LogP contribution in [0.3, 0.4) is 0 Å². The Morgan fingerprint density at radius 1 is 1.56 bits per heavy atom. The predicted molar refractivity (Wildman–Crippen MR) is 70.8 cm³/mol. The third-order valence-corrected chi connectivity index (χ3v) is 3.64. The van der Waals surface area contributed by atoms with E-state index in [-0.39, 0.29) is 17.1 Å². The highest BCUT2D eigenvalue weighted by atomic mass is 79.9. The summed E-state index contributed by atoms with van der Waals surface area (Å²) in [4.78, 5) is 9.69. The van der Waals surface area contributed by atoms with Crippen molar-refractivity contribution < 1.29 is 13.3 Å². The van der Waals surface area contributed by atoms with Gasteiger partial charge in [-0.3, -0.25) is 10.1 Å². The largest absolute Gasteiger partial charge is 0.393 e. The van der Waals surface area contributed by atoms with Crippen LogP contribution in [0.2, 0.25) is 0 Å². The van der Waals surface area contributed by atoms with E-state index in [0.717, 1.165) is 6.07 Å². The van der Waals surface area contributed by atoms with Crippen LogP contribution in [-0.2, 0) is 10.0 Å². The molecule has 7 nitrogen and oxygen atoms in total. The first-order valence-electron chi connectivity index (χ1n) is 4.61. The molecule has 3 N–H and O–H groups in total. The highest BCUT2D eigenvalue weighted by Gasteiger charge is 2.19. The molecule has 0 aliphatic rings. The first kappa shape index (κ1) is 14.6.